The Balaban J connectivity index is 1.77. The summed E-state index contributed by atoms with van der Waals surface area (Å²) in [5.74, 6) is 1.42. The molecular weight excluding hydrogens is 391 g/mol. The van der Waals surface area contributed by atoms with E-state index in [1.807, 2.05) is 0 Å². The molecular formula is C22H31I. The molecule has 0 nitrogen and oxygen atoms in total. The van der Waals surface area contributed by atoms with E-state index in [0.29, 0.717) is 5.92 Å². The van der Waals surface area contributed by atoms with Crippen LogP contribution in [0.2, 0.25) is 0 Å². The fourth-order valence-corrected chi connectivity index (χ4v) is 5.74. The molecule has 126 valence electrons. The van der Waals surface area contributed by atoms with Crippen molar-refractivity contribution >= 4 is 22.6 Å². The van der Waals surface area contributed by atoms with Crippen LogP contribution in [0.15, 0.2) is 47.1 Å². The van der Waals surface area contributed by atoms with Gasteiger partial charge in [0.2, 0.25) is 0 Å². The first-order valence-corrected chi connectivity index (χ1v) is 10.6. The van der Waals surface area contributed by atoms with Crippen molar-refractivity contribution in [2.24, 2.45) is 17.3 Å². The Hall–Kier alpha value is -0.310. The van der Waals surface area contributed by atoms with Gasteiger partial charge in [0.1, 0.15) is 0 Å². The molecule has 0 aliphatic heterocycles. The SMILES string of the molecule is C=C1C2=C(CCC=C2)C(C)(C)C1C/C(=C\C)C1CCC(I)CC1. The van der Waals surface area contributed by atoms with Gasteiger partial charge in [-0.2, -0.15) is 0 Å². The minimum absolute atomic E-state index is 0.284. The highest BCUT2D eigenvalue weighted by Crippen LogP contribution is 2.55. The summed E-state index contributed by atoms with van der Waals surface area (Å²) in [7, 11) is 0. The molecule has 0 saturated heterocycles. The second-order valence-electron chi connectivity index (χ2n) is 8.15. The topological polar surface area (TPSA) is 0 Å². The van der Waals surface area contributed by atoms with Crippen LogP contribution in [0.25, 0.3) is 0 Å². The third-order valence-corrected chi connectivity index (χ3v) is 7.82. The first-order chi connectivity index (χ1) is 10.9. The smallest absolute Gasteiger partial charge is 0.0110 e. The van der Waals surface area contributed by atoms with Gasteiger partial charge in [-0.25, -0.2) is 0 Å². The van der Waals surface area contributed by atoms with E-state index in [1.54, 1.807) is 11.1 Å². The van der Waals surface area contributed by atoms with Crippen molar-refractivity contribution in [1.29, 1.82) is 0 Å². The molecule has 0 spiro atoms. The molecule has 0 aromatic rings. The Morgan fingerprint density at radius 1 is 1.30 bits per heavy atom. The monoisotopic (exact) mass is 422 g/mol. The second-order valence-corrected chi connectivity index (χ2v) is 9.91. The summed E-state index contributed by atoms with van der Waals surface area (Å²) in [5, 5.41) is 0. The average Bonchev–Trinajstić information content (AvgIpc) is 2.74. The van der Waals surface area contributed by atoms with E-state index in [1.165, 1.54) is 56.1 Å². The van der Waals surface area contributed by atoms with E-state index in [4.69, 9.17) is 0 Å². The zero-order valence-electron chi connectivity index (χ0n) is 15.0. The highest BCUT2D eigenvalue weighted by Gasteiger charge is 2.43. The molecule has 0 N–H and O–H groups in total. The van der Waals surface area contributed by atoms with Gasteiger partial charge in [0.25, 0.3) is 0 Å². The number of hydrogen-bond acceptors (Lipinski definition) is 0. The Labute approximate surface area is 156 Å². The van der Waals surface area contributed by atoms with E-state index in [0.717, 1.165) is 9.84 Å². The Kier molecular flexibility index (Phi) is 5.25. The second kappa shape index (κ2) is 6.90. The molecule has 1 saturated carbocycles. The molecule has 1 atom stereocenters. The van der Waals surface area contributed by atoms with Crippen LogP contribution in [0.5, 0.6) is 0 Å². The molecule has 1 heteroatoms. The van der Waals surface area contributed by atoms with Crippen LogP contribution < -0.4 is 0 Å². The Morgan fingerprint density at radius 3 is 2.61 bits per heavy atom. The fourth-order valence-electron chi connectivity index (χ4n) is 5.03. The normalized spacial score (nSPS) is 34.0. The molecule has 0 aromatic heterocycles. The maximum Gasteiger partial charge on any atom is 0.0110 e. The first kappa shape index (κ1) is 17.5. The highest BCUT2D eigenvalue weighted by molar-refractivity contribution is 14.1. The molecule has 3 aliphatic carbocycles. The molecule has 0 bridgehead atoms. The van der Waals surface area contributed by atoms with Crippen LogP contribution in [0.1, 0.15) is 65.7 Å². The number of allylic oxidation sites excluding steroid dienone is 7. The van der Waals surface area contributed by atoms with Gasteiger partial charge in [-0.05, 0) is 80.3 Å². The van der Waals surface area contributed by atoms with Crippen molar-refractivity contribution in [2.45, 2.75) is 69.6 Å². The summed E-state index contributed by atoms with van der Waals surface area (Å²) in [6.07, 6.45) is 16.3. The van der Waals surface area contributed by atoms with E-state index in [9.17, 15) is 0 Å². The summed E-state index contributed by atoms with van der Waals surface area (Å²) in [6, 6.07) is 0. The van der Waals surface area contributed by atoms with Crippen LogP contribution in [-0.2, 0) is 0 Å². The van der Waals surface area contributed by atoms with Crippen LogP contribution in [0.4, 0.5) is 0 Å². The highest BCUT2D eigenvalue weighted by atomic mass is 127. The largest absolute Gasteiger partial charge is 0.0949 e. The van der Waals surface area contributed by atoms with Crippen LogP contribution in [0, 0.1) is 17.3 Å². The molecule has 0 heterocycles. The van der Waals surface area contributed by atoms with Gasteiger partial charge in [0.15, 0.2) is 0 Å². The van der Waals surface area contributed by atoms with E-state index >= 15 is 0 Å². The van der Waals surface area contributed by atoms with Gasteiger partial charge >= 0.3 is 0 Å². The lowest BCUT2D eigenvalue weighted by molar-refractivity contribution is 0.302. The van der Waals surface area contributed by atoms with Crippen LogP contribution in [0.3, 0.4) is 0 Å². The van der Waals surface area contributed by atoms with Crippen molar-refractivity contribution < 1.29 is 0 Å². The summed E-state index contributed by atoms with van der Waals surface area (Å²) in [4.78, 5) is 0. The number of halogens is 1. The maximum atomic E-state index is 4.52. The molecule has 1 fully saturated rings. The van der Waals surface area contributed by atoms with Crippen molar-refractivity contribution in [1.82, 2.24) is 0 Å². The standard InChI is InChI=1S/C22H31I/c1-5-16(17-10-12-18(23)13-11-17)14-21-15(2)19-8-6-7-9-20(19)22(21,3)4/h5-6,8,17-18,21H,2,7,9-14H2,1,3-4H3/b16-5+. The van der Waals surface area contributed by atoms with Gasteiger partial charge in [-0.15, -0.1) is 0 Å². The predicted molar refractivity (Wildman–Crippen MR) is 110 cm³/mol. The molecule has 23 heavy (non-hydrogen) atoms. The third kappa shape index (κ3) is 3.27. The Bertz CT molecular complexity index is 565. The fraction of sp³-hybridized carbons (Fsp3) is 0.636. The summed E-state index contributed by atoms with van der Waals surface area (Å²) >= 11 is 2.64. The van der Waals surface area contributed by atoms with Gasteiger partial charge < -0.3 is 0 Å². The molecule has 3 rings (SSSR count). The van der Waals surface area contributed by atoms with Crippen molar-refractivity contribution in [2.75, 3.05) is 0 Å². The summed E-state index contributed by atoms with van der Waals surface area (Å²) in [5.41, 5.74) is 6.55. The average molecular weight is 422 g/mol. The van der Waals surface area contributed by atoms with Crippen LogP contribution in [-0.4, -0.2) is 3.92 Å². The number of alkyl halides is 1. The van der Waals surface area contributed by atoms with E-state index in [2.05, 4.69) is 68.2 Å². The zero-order chi connectivity index (χ0) is 16.6. The molecule has 1 unspecified atom stereocenters. The summed E-state index contributed by atoms with van der Waals surface area (Å²) in [6.45, 7) is 11.7. The first-order valence-electron chi connectivity index (χ1n) is 9.33. The minimum Gasteiger partial charge on any atom is -0.0949 e. The maximum absolute atomic E-state index is 4.52. The van der Waals surface area contributed by atoms with Gasteiger partial charge in [-0.1, -0.05) is 72.4 Å². The minimum atomic E-state index is 0.284. The Morgan fingerprint density at radius 2 is 2.00 bits per heavy atom. The van der Waals surface area contributed by atoms with Gasteiger partial charge in [0.05, 0.1) is 0 Å². The molecule has 0 aromatic carbocycles. The zero-order valence-corrected chi connectivity index (χ0v) is 17.2. The molecule has 3 aliphatic rings. The van der Waals surface area contributed by atoms with Crippen molar-refractivity contribution in [3.63, 3.8) is 0 Å². The lowest BCUT2D eigenvalue weighted by atomic mass is 9.70. The lowest BCUT2D eigenvalue weighted by Crippen LogP contribution is -2.25. The molecule has 0 radical (unpaired) electrons. The molecule has 0 amide bonds. The van der Waals surface area contributed by atoms with E-state index in [-0.39, 0.29) is 5.41 Å². The lowest BCUT2D eigenvalue weighted by Gasteiger charge is -2.35. The summed E-state index contributed by atoms with van der Waals surface area (Å²) < 4.78 is 0.902. The third-order valence-electron chi connectivity index (χ3n) is 6.58. The van der Waals surface area contributed by atoms with Gasteiger partial charge in [0, 0.05) is 3.92 Å². The van der Waals surface area contributed by atoms with E-state index < -0.39 is 0 Å². The number of rotatable bonds is 3. The predicted octanol–water partition coefficient (Wildman–Crippen LogP) is 7.18. The van der Waals surface area contributed by atoms with Crippen LogP contribution >= 0.6 is 22.6 Å². The van der Waals surface area contributed by atoms with Crippen molar-refractivity contribution in [3.8, 4) is 0 Å². The van der Waals surface area contributed by atoms with Crippen molar-refractivity contribution in [3.05, 3.63) is 47.1 Å². The van der Waals surface area contributed by atoms with Gasteiger partial charge in [-0.3, -0.25) is 0 Å². The quantitative estimate of drug-likeness (QED) is 0.257. The number of hydrogen-bond donors (Lipinski definition) is 0.